The zero-order valence-corrected chi connectivity index (χ0v) is 14.9. The number of nitrogens with one attached hydrogen (secondary N) is 1. The summed E-state index contributed by atoms with van der Waals surface area (Å²) >= 11 is 6.47. The molecule has 1 atom stereocenters. The van der Waals surface area contributed by atoms with Gasteiger partial charge in [0, 0.05) is 12.2 Å². The molecule has 1 aliphatic carbocycles. The average molecular weight is 348 g/mol. The zero-order chi connectivity index (χ0) is 16.6. The molecule has 4 rings (SSSR count). The van der Waals surface area contributed by atoms with Crippen LogP contribution in [0.2, 0.25) is 5.02 Å². The topological polar surface area (TPSA) is 45.2 Å². The van der Waals surface area contributed by atoms with Gasteiger partial charge in [0.1, 0.15) is 0 Å². The van der Waals surface area contributed by atoms with E-state index in [1.165, 1.54) is 19.3 Å². The van der Waals surface area contributed by atoms with Crippen LogP contribution in [0.4, 0.5) is 0 Å². The van der Waals surface area contributed by atoms with Crippen LogP contribution in [0, 0.1) is 5.41 Å². The van der Waals surface area contributed by atoms with Gasteiger partial charge in [-0.05, 0) is 57.3 Å². The van der Waals surface area contributed by atoms with Gasteiger partial charge in [0.2, 0.25) is 5.91 Å². The standard InChI is InChI=1S/C19H26ClN3O/c20-15-7-4-10-22-17(15)16-13-19(8-11-21-12-9-19)18(24)23(16)14-5-2-1-3-6-14/h4,7,10,14,16,21H,1-3,5-6,8-9,11-13H2. The Bertz CT molecular complexity index is 608. The highest BCUT2D eigenvalue weighted by Gasteiger charge is 2.54. The SMILES string of the molecule is O=C1N(C2CCCCC2)C(c2ncccc2Cl)CC12CCNCC2. The van der Waals surface area contributed by atoms with E-state index in [0.717, 1.165) is 50.9 Å². The van der Waals surface area contributed by atoms with Crippen LogP contribution in [0.15, 0.2) is 18.3 Å². The molecule has 1 aromatic heterocycles. The Balaban J connectivity index is 1.71. The molecule has 1 N–H and O–H groups in total. The number of aromatic nitrogens is 1. The molecule has 4 nitrogen and oxygen atoms in total. The summed E-state index contributed by atoms with van der Waals surface area (Å²) in [5, 5.41) is 4.10. The van der Waals surface area contributed by atoms with Crippen LogP contribution in [-0.2, 0) is 4.79 Å². The molecular formula is C19H26ClN3O. The molecule has 130 valence electrons. The minimum absolute atomic E-state index is 0.0485. The highest BCUT2D eigenvalue weighted by molar-refractivity contribution is 6.31. The van der Waals surface area contributed by atoms with Gasteiger partial charge in [-0.25, -0.2) is 0 Å². The average Bonchev–Trinajstić information content (AvgIpc) is 2.89. The zero-order valence-electron chi connectivity index (χ0n) is 14.1. The molecule has 3 heterocycles. The van der Waals surface area contributed by atoms with E-state index in [1.807, 2.05) is 12.1 Å². The molecule has 1 aromatic rings. The number of likely N-dealkylation sites (tertiary alicyclic amines) is 1. The van der Waals surface area contributed by atoms with Crippen molar-refractivity contribution in [2.75, 3.05) is 13.1 Å². The Hall–Kier alpha value is -1.13. The first-order valence-corrected chi connectivity index (χ1v) is 9.73. The summed E-state index contributed by atoms with van der Waals surface area (Å²) < 4.78 is 0. The Morgan fingerprint density at radius 2 is 1.96 bits per heavy atom. The molecule has 0 radical (unpaired) electrons. The number of piperidine rings is 1. The maximum Gasteiger partial charge on any atom is 0.229 e. The third kappa shape index (κ3) is 2.74. The fraction of sp³-hybridized carbons (Fsp3) is 0.684. The number of hydrogen-bond acceptors (Lipinski definition) is 3. The van der Waals surface area contributed by atoms with Crippen molar-refractivity contribution >= 4 is 17.5 Å². The first kappa shape index (κ1) is 16.3. The summed E-state index contributed by atoms with van der Waals surface area (Å²) in [4.78, 5) is 20.3. The molecule has 0 aromatic carbocycles. The fourth-order valence-electron chi connectivity index (χ4n) is 4.95. The van der Waals surface area contributed by atoms with Gasteiger partial charge in [-0.1, -0.05) is 30.9 Å². The second-order valence-electron chi connectivity index (χ2n) is 7.62. The van der Waals surface area contributed by atoms with Crippen molar-refractivity contribution in [2.45, 2.75) is 63.5 Å². The highest BCUT2D eigenvalue weighted by Crippen LogP contribution is 2.51. The van der Waals surface area contributed by atoms with Crippen LogP contribution in [-0.4, -0.2) is 34.9 Å². The Morgan fingerprint density at radius 3 is 2.67 bits per heavy atom. The van der Waals surface area contributed by atoms with Crippen molar-refractivity contribution in [3.63, 3.8) is 0 Å². The number of pyridine rings is 1. The summed E-state index contributed by atoms with van der Waals surface area (Å²) in [5.74, 6) is 0.364. The largest absolute Gasteiger partial charge is 0.331 e. The third-order valence-electron chi connectivity index (χ3n) is 6.24. The summed E-state index contributed by atoms with van der Waals surface area (Å²) in [6.07, 6.45) is 10.6. The molecule has 0 bridgehead atoms. The van der Waals surface area contributed by atoms with Crippen molar-refractivity contribution < 1.29 is 4.79 Å². The Morgan fingerprint density at radius 1 is 1.21 bits per heavy atom. The van der Waals surface area contributed by atoms with Crippen molar-refractivity contribution in [1.29, 1.82) is 0 Å². The molecule has 1 spiro atoms. The highest BCUT2D eigenvalue weighted by atomic mass is 35.5. The number of nitrogens with zero attached hydrogens (tertiary/aromatic N) is 2. The third-order valence-corrected chi connectivity index (χ3v) is 6.56. The molecule has 3 fully saturated rings. The number of rotatable bonds is 2. The van der Waals surface area contributed by atoms with E-state index in [1.54, 1.807) is 6.20 Å². The lowest BCUT2D eigenvalue weighted by Crippen LogP contribution is -2.46. The van der Waals surface area contributed by atoms with Crippen molar-refractivity contribution in [1.82, 2.24) is 15.2 Å². The van der Waals surface area contributed by atoms with Gasteiger partial charge < -0.3 is 10.2 Å². The summed E-state index contributed by atoms with van der Waals surface area (Å²) in [7, 11) is 0. The van der Waals surface area contributed by atoms with E-state index < -0.39 is 0 Å². The molecule has 1 amide bonds. The second kappa shape index (κ2) is 6.64. The van der Waals surface area contributed by atoms with Crippen LogP contribution in [0.5, 0.6) is 0 Å². The number of halogens is 1. The number of carbonyl (C=O) groups excluding carboxylic acids is 1. The summed E-state index contributed by atoms with van der Waals surface area (Å²) in [6.45, 7) is 1.87. The monoisotopic (exact) mass is 347 g/mol. The van der Waals surface area contributed by atoms with Crippen molar-refractivity contribution in [2.24, 2.45) is 5.41 Å². The van der Waals surface area contributed by atoms with Crippen LogP contribution in [0.1, 0.15) is 63.1 Å². The van der Waals surface area contributed by atoms with Gasteiger partial charge in [0.15, 0.2) is 0 Å². The predicted molar refractivity (Wildman–Crippen MR) is 94.9 cm³/mol. The van der Waals surface area contributed by atoms with Gasteiger partial charge in [-0.2, -0.15) is 0 Å². The summed E-state index contributed by atoms with van der Waals surface area (Å²) in [5.41, 5.74) is 0.697. The Labute approximate surface area is 149 Å². The van der Waals surface area contributed by atoms with Crippen LogP contribution >= 0.6 is 11.6 Å². The molecule has 3 aliphatic rings. The maximum absolute atomic E-state index is 13.5. The predicted octanol–water partition coefficient (Wildman–Crippen LogP) is 3.71. The molecular weight excluding hydrogens is 322 g/mol. The molecule has 2 saturated heterocycles. The fourth-order valence-corrected chi connectivity index (χ4v) is 5.19. The summed E-state index contributed by atoms with van der Waals surface area (Å²) in [6, 6.07) is 4.19. The van der Waals surface area contributed by atoms with Crippen molar-refractivity contribution in [3.8, 4) is 0 Å². The van der Waals surface area contributed by atoms with E-state index in [9.17, 15) is 4.79 Å². The molecule has 1 saturated carbocycles. The lowest BCUT2D eigenvalue weighted by molar-refractivity contribution is -0.140. The van der Waals surface area contributed by atoms with Gasteiger partial charge in [-0.3, -0.25) is 9.78 Å². The number of hydrogen-bond donors (Lipinski definition) is 1. The van der Waals surface area contributed by atoms with E-state index in [4.69, 9.17) is 11.6 Å². The van der Waals surface area contributed by atoms with Crippen LogP contribution in [0.25, 0.3) is 0 Å². The minimum Gasteiger partial charge on any atom is -0.331 e. The van der Waals surface area contributed by atoms with Gasteiger partial charge in [0.25, 0.3) is 0 Å². The molecule has 24 heavy (non-hydrogen) atoms. The van der Waals surface area contributed by atoms with Crippen LogP contribution in [0.3, 0.4) is 0 Å². The second-order valence-corrected chi connectivity index (χ2v) is 8.03. The van der Waals surface area contributed by atoms with Gasteiger partial charge in [-0.15, -0.1) is 0 Å². The Kier molecular flexibility index (Phi) is 4.52. The molecule has 2 aliphatic heterocycles. The lowest BCUT2D eigenvalue weighted by Gasteiger charge is -2.37. The smallest absolute Gasteiger partial charge is 0.229 e. The van der Waals surface area contributed by atoms with E-state index in [-0.39, 0.29) is 11.5 Å². The van der Waals surface area contributed by atoms with Gasteiger partial charge in [0.05, 0.1) is 22.2 Å². The van der Waals surface area contributed by atoms with E-state index in [0.29, 0.717) is 17.0 Å². The maximum atomic E-state index is 13.5. The molecule has 1 unspecified atom stereocenters. The first-order chi connectivity index (χ1) is 11.7. The lowest BCUT2D eigenvalue weighted by atomic mass is 9.76. The van der Waals surface area contributed by atoms with Crippen LogP contribution < -0.4 is 5.32 Å². The normalized spacial score (nSPS) is 27.8. The minimum atomic E-state index is -0.200. The van der Waals surface area contributed by atoms with Crippen molar-refractivity contribution in [3.05, 3.63) is 29.0 Å². The van der Waals surface area contributed by atoms with E-state index >= 15 is 0 Å². The number of carbonyl (C=O) groups is 1. The van der Waals surface area contributed by atoms with E-state index in [2.05, 4.69) is 15.2 Å². The first-order valence-electron chi connectivity index (χ1n) is 9.35. The van der Waals surface area contributed by atoms with Gasteiger partial charge >= 0.3 is 0 Å². The quantitative estimate of drug-likeness (QED) is 0.887. The number of amides is 1. The molecule has 5 heteroatoms.